The summed E-state index contributed by atoms with van der Waals surface area (Å²) in [4.78, 5) is 8.29. The van der Waals surface area contributed by atoms with Gasteiger partial charge in [-0.15, -0.1) is 0 Å². The normalized spacial score (nSPS) is 12.7. The van der Waals surface area contributed by atoms with Crippen molar-refractivity contribution in [1.82, 2.24) is 14.5 Å². The molecule has 0 aliphatic heterocycles. The number of aromatic nitrogens is 3. The lowest BCUT2D eigenvalue weighted by atomic mass is 10.1. The van der Waals surface area contributed by atoms with Gasteiger partial charge in [0.25, 0.3) is 0 Å². The lowest BCUT2D eigenvalue weighted by Gasteiger charge is -2.12. The molecule has 3 aromatic rings. The first-order chi connectivity index (χ1) is 9.33. The van der Waals surface area contributed by atoms with Crippen molar-refractivity contribution in [1.29, 1.82) is 0 Å². The van der Waals surface area contributed by atoms with Gasteiger partial charge in [0.15, 0.2) is 0 Å². The van der Waals surface area contributed by atoms with Gasteiger partial charge in [0.1, 0.15) is 0 Å². The Balaban J connectivity index is 1.74. The highest BCUT2D eigenvalue weighted by atomic mass is 16.3. The zero-order chi connectivity index (χ0) is 13.1. The second-order valence-corrected chi connectivity index (χ2v) is 4.60. The summed E-state index contributed by atoms with van der Waals surface area (Å²) in [7, 11) is 0. The average molecular weight is 253 g/mol. The maximum Gasteiger partial charge on any atom is 0.0959 e. The SMILES string of the molecule is OC(Cc1ccncc1)Cn1cnc2ccccc21. The van der Waals surface area contributed by atoms with Gasteiger partial charge in [-0.3, -0.25) is 4.98 Å². The molecule has 0 bridgehead atoms. The minimum absolute atomic E-state index is 0.431. The summed E-state index contributed by atoms with van der Waals surface area (Å²) in [5, 5.41) is 10.2. The molecule has 0 fully saturated rings. The number of benzene rings is 1. The van der Waals surface area contributed by atoms with Crippen LogP contribution in [0, 0.1) is 0 Å². The molecule has 1 atom stereocenters. The van der Waals surface area contributed by atoms with Crippen LogP contribution in [0.15, 0.2) is 55.1 Å². The zero-order valence-electron chi connectivity index (χ0n) is 10.5. The molecule has 4 heteroatoms. The molecule has 1 N–H and O–H groups in total. The standard InChI is InChI=1S/C15H15N3O/c19-13(9-12-5-7-16-8-6-12)10-18-11-17-14-3-1-2-4-15(14)18/h1-8,11,13,19H,9-10H2. The molecular weight excluding hydrogens is 238 g/mol. The number of pyridine rings is 1. The molecule has 0 aliphatic carbocycles. The van der Waals surface area contributed by atoms with Gasteiger partial charge in [-0.2, -0.15) is 0 Å². The summed E-state index contributed by atoms with van der Waals surface area (Å²) in [6.07, 6.45) is 5.46. The van der Waals surface area contributed by atoms with Gasteiger partial charge < -0.3 is 9.67 Å². The van der Waals surface area contributed by atoms with Crippen LogP contribution in [0.2, 0.25) is 0 Å². The van der Waals surface area contributed by atoms with Crippen LogP contribution in [-0.4, -0.2) is 25.7 Å². The summed E-state index contributed by atoms with van der Waals surface area (Å²) in [6, 6.07) is 11.8. The van der Waals surface area contributed by atoms with E-state index in [1.165, 1.54) is 0 Å². The van der Waals surface area contributed by atoms with E-state index in [1.54, 1.807) is 18.7 Å². The third-order valence-corrected chi connectivity index (χ3v) is 3.16. The number of imidazole rings is 1. The summed E-state index contributed by atoms with van der Waals surface area (Å²) in [5.41, 5.74) is 3.10. The maximum absolute atomic E-state index is 10.2. The van der Waals surface area contributed by atoms with Crippen molar-refractivity contribution in [3.8, 4) is 0 Å². The van der Waals surface area contributed by atoms with E-state index >= 15 is 0 Å². The highest BCUT2D eigenvalue weighted by Gasteiger charge is 2.09. The number of aliphatic hydroxyl groups is 1. The Kier molecular flexibility index (Phi) is 3.25. The quantitative estimate of drug-likeness (QED) is 0.774. The molecule has 2 aromatic heterocycles. The molecule has 3 rings (SSSR count). The minimum atomic E-state index is -0.431. The molecule has 2 heterocycles. The summed E-state index contributed by atoms with van der Waals surface area (Å²) < 4.78 is 1.99. The van der Waals surface area contributed by atoms with E-state index in [9.17, 15) is 5.11 Å². The van der Waals surface area contributed by atoms with Crippen molar-refractivity contribution in [2.24, 2.45) is 0 Å². The zero-order valence-corrected chi connectivity index (χ0v) is 10.5. The van der Waals surface area contributed by atoms with Crippen LogP contribution >= 0.6 is 0 Å². The topological polar surface area (TPSA) is 50.9 Å². The lowest BCUT2D eigenvalue weighted by Crippen LogP contribution is -2.18. The highest BCUT2D eigenvalue weighted by molar-refractivity contribution is 5.74. The highest BCUT2D eigenvalue weighted by Crippen LogP contribution is 2.13. The van der Waals surface area contributed by atoms with E-state index in [1.807, 2.05) is 41.0 Å². The molecule has 0 radical (unpaired) electrons. The Morgan fingerprint density at radius 2 is 1.89 bits per heavy atom. The fourth-order valence-electron chi connectivity index (χ4n) is 2.24. The monoisotopic (exact) mass is 253 g/mol. The maximum atomic E-state index is 10.2. The molecule has 0 spiro atoms. The van der Waals surface area contributed by atoms with Gasteiger partial charge in [0.05, 0.1) is 30.0 Å². The van der Waals surface area contributed by atoms with Crippen molar-refractivity contribution < 1.29 is 5.11 Å². The van der Waals surface area contributed by atoms with Crippen LogP contribution in [0.4, 0.5) is 0 Å². The largest absolute Gasteiger partial charge is 0.391 e. The number of hydrogen-bond donors (Lipinski definition) is 1. The number of fused-ring (bicyclic) bond motifs is 1. The van der Waals surface area contributed by atoms with Crippen molar-refractivity contribution in [3.05, 3.63) is 60.7 Å². The number of rotatable bonds is 4. The van der Waals surface area contributed by atoms with E-state index < -0.39 is 6.10 Å². The summed E-state index contributed by atoms with van der Waals surface area (Å²) in [5.74, 6) is 0. The molecule has 19 heavy (non-hydrogen) atoms. The number of nitrogens with zero attached hydrogens (tertiary/aromatic N) is 3. The molecule has 0 saturated heterocycles. The second kappa shape index (κ2) is 5.20. The van der Waals surface area contributed by atoms with Crippen molar-refractivity contribution in [2.45, 2.75) is 19.1 Å². The summed E-state index contributed by atoms with van der Waals surface area (Å²) >= 11 is 0. The Hall–Kier alpha value is -2.20. The third kappa shape index (κ3) is 2.63. The predicted octanol–water partition coefficient (Wildman–Crippen LogP) is 2.03. The molecule has 0 amide bonds. The Morgan fingerprint density at radius 1 is 1.11 bits per heavy atom. The summed E-state index contributed by atoms with van der Waals surface area (Å²) in [6.45, 7) is 0.544. The molecule has 0 saturated carbocycles. The van der Waals surface area contributed by atoms with E-state index in [0.717, 1.165) is 16.6 Å². The van der Waals surface area contributed by atoms with Gasteiger partial charge in [-0.05, 0) is 29.8 Å². The van der Waals surface area contributed by atoms with E-state index in [-0.39, 0.29) is 0 Å². The smallest absolute Gasteiger partial charge is 0.0959 e. The van der Waals surface area contributed by atoms with Crippen LogP contribution in [0.5, 0.6) is 0 Å². The van der Waals surface area contributed by atoms with Gasteiger partial charge in [-0.25, -0.2) is 4.98 Å². The molecule has 96 valence electrons. The fourth-order valence-corrected chi connectivity index (χ4v) is 2.24. The number of hydrogen-bond acceptors (Lipinski definition) is 3. The van der Waals surface area contributed by atoms with Gasteiger partial charge in [0, 0.05) is 18.8 Å². The van der Waals surface area contributed by atoms with E-state index in [0.29, 0.717) is 13.0 Å². The fraction of sp³-hybridized carbons (Fsp3) is 0.200. The lowest BCUT2D eigenvalue weighted by molar-refractivity contribution is 0.155. The molecule has 1 aromatic carbocycles. The van der Waals surface area contributed by atoms with E-state index in [4.69, 9.17) is 0 Å². The van der Waals surface area contributed by atoms with Gasteiger partial charge in [0.2, 0.25) is 0 Å². The number of para-hydroxylation sites is 2. The molecular formula is C15H15N3O. The Labute approximate surface area is 111 Å². The predicted molar refractivity (Wildman–Crippen MR) is 73.7 cm³/mol. The molecule has 4 nitrogen and oxygen atoms in total. The van der Waals surface area contributed by atoms with Crippen LogP contribution in [0.25, 0.3) is 11.0 Å². The Bertz CT molecular complexity index is 663. The first-order valence-corrected chi connectivity index (χ1v) is 6.30. The van der Waals surface area contributed by atoms with Crippen molar-refractivity contribution in [2.75, 3.05) is 0 Å². The van der Waals surface area contributed by atoms with E-state index in [2.05, 4.69) is 9.97 Å². The molecule has 0 aliphatic rings. The van der Waals surface area contributed by atoms with Crippen LogP contribution in [0.3, 0.4) is 0 Å². The van der Waals surface area contributed by atoms with Crippen molar-refractivity contribution in [3.63, 3.8) is 0 Å². The van der Waals surface area contributed by atoms with Crippen LogP contribution in [0.1, 0.15) is 5.56 Å². The van der Waals surface area contributed by atoms with Crippen LogP contribution in [-0.2, 0) is 13.0 Å². The second-order valence-electron chi connectivity index (χ2n) is 4.60. The third-order valence-electron chi connectivity index (χ3n) is 3.16. The van der Waals surface area contributed by atoms with Crippen LogP contribution < -0.4 is 0 Å². The molecule has 1 unspecified atom stereocenters. The van der Waals surface area contributed by atoms with Gasteiger partial charge in [-0.1, -0.05) is 12.1 Å². The Morgan fingerprint density at radius 3 is 2.74 bits per heavy atom. The minimum Gasteiger partial charge on any atom is -0.391 e. The van der Waals surface area contributed by atoms with Crippen molar-refractivity contribution >= 4 is 11.0 Å². The van der Waals surface area contributed by atoms with Gasteiger partial charge >= 0.3 is 0 Å². The average Bonchev–Trinajstić information content (AvgIpc) is 2.83. The number of aliphatic hydroxyl groups excluding tert-OH is 1. The first kappa shape index (κ1) is 11.9. The first-order valence-electron chi connectivity index (χ1n) is 6.30.